The maximum atomic E-state index is 13.1. The molecule has 1 aliphatic heterocycles. The molecule has 10 unspecified atom stereocenters. The van der Waals surface area contributed by atoms with Crippen LogP contribution in [0.4, 0.5) is 0 Å². The molecule has 1 fully saturated rings. The zero-order chi connectivity index (χ0) is 81.3. The summed E-state index contributed by atoms with van der Waals surface area (Å²) in [6, 6.07) is 4.30. The number of nitrogens with zero attached hydrogens (tertiary/aromatic N) is 6. The van der Waals surface area contributed by atoms with Gasteiger partial charge in [-0.25, -0.2) is 0 Å². The van der Waals surface area contributed by atoms with Crippen LogP contribution in [-0.2, 0) is 99.5 Å². The Bertz CT molecular complexity index is 4610. The minimum absolute atomic E-state index is 0.00803. The summed E-state index contributed by atoms with van der Waals surface area (Å²) in [7, 11) is 0. The number of primary amides is 2. The van der Waals surface area contributed by atoms with Gasteiger partial charge in [0.15, 0.2) is 0 Å². The number of nitrogens with one attached hydrogen (secondary N) is 8. The summed E-state index contributed by atoms with van der Waals surface area (Å²) < 4.78 is 3.16. The van der Waals surface area contributed by atoms with E-state index in [2.05, 4.69) is 150 Å². The first-order valence-corrected chi connectivity index (χ1v) is 36.5. The molecule has 34 nitrogen and oxygen atoms in total. The second-order valence-electron chi connectivity index (χ2n) is 26.8. The number of aromatic nitrogens is 6. The lowest BCUT2D eigenvalue weighted by Crippen LogP contribution is -2.54. The van der Waals surface area contributed by atoms with Crippen LogP contribution in [0.15, 0.2) is 112 Å². The Morgan fingerprint density at radius 2 is 1.09 bits per heavy atom. The maximum absolute atomic E-state index is 13.1. The molecule has 2 aromatic heterocycles. The second kappa shape index (κ2) is 40.6. The van der Waals surface area contributed by atoms with Gasteiger partial charge in [0.2, 0.25) is 59.1 Å². The molecule has 10 amide bonds. The number of hydrogen-bond donors (Lipinski definition) is 14. The van der Waals surface area contributed by atoms with Crippen molar-refractivity contribution in [1.82, 2.24) is 72.5 Å². The SMILES string of the molecule is C=CC1=C(/C=C(\C)C#CCCn2cc(CCC(=O)NC(CC(=O)O)C(=O)NCC(=O)NC(CCC(=O)O)C(=O)NC(C)C(N)=O)nn2)/C(=C2\c3c(ccc4ccccc34)CC2C)C(C2C(C)C2C#CCCn2cc(CCC(=O)NC(CC(=O)O)C(=O)NCC(=O)NC(CCC(=O)O)C(=O)NC(C)C(N)=O)nn2)=C(C=C)S1. The van der Waals surface area contributed by atoms with Crippen molar-refractivity contribution < 1.29 is 87.5 Å². The molecule has 16 N–H and O–H groups in total. The van der Waals surface area contributed by atoms with Crippen LogP contribution in [0.5, 0.6) is 0 Å². The fourth-order valence-corrected chi connectivity index (χ4v) is 13.5. The Morgan fingerprint density at radius 3 is 1.57 bits per heavy atom. The van der Waals surface area contributed by atoms with Crippen LogP contribution >= 0.6 is 11.8 Å². The van der Waals surface area contributed by atoms with Crippen LogP contribution in [-0.4, -0.2) is 183 Å². The highest BCUT2D eigenvalue weighted by Gasteiger charge is 2.52. The third-order valence-corrected chi connectivity index (χ3v) is 19.5. The zero-order valence-corrected chi connectivity index (χ0v) is 62.6. The molecule has 111 heavy (non-hydrogen) atoms. The van der Waals surface area contributed by atoms with Gasteiger partial charge >= 0.3 is 23.9 Å². The van der Waals surface area contributed by atoms with E-state index in [1.165, 1.54) is 30.5 Å². The van der Waals surface area contributed by atoms with E-state index < -0.39 is 158 Å². The van der Waals surface area contributed by atoms with E-state index in [-0.39, 0.29) is 62.2 Å². The topological polar surface area (TPSA) is 530 Å². The van der Waals surface area contributed by atoms with Crippen molar-refractivity contribution in [2.24, 2.45) is 35.1 Å². The zero-order valence-electron chi connectivity index (χ0n) is 61.8. The number of rotatable bonds is 40. The summed E-state index contributed by atoms with van der Waals surface area (Å²) in [5.41, 5.74) is 18.8. The monoisotopic (exact) mass is 1550 g/mol. The Kier molecular flexibility index (Phi) is 31.4. The molecule has 588 valence electrons. The first kappa shape index (κ1) is 85.7. The molecule has 1 saturated carbocycles. The number of carboxylic acid groups (broad SMARTS) is 4. The smallest absolute Gasteiger partial charge is 0.305 e. The van der Waals surface area contributed by atoms with Gasteiger partial charge < -0.3 is 74.4 Å². The van der Waals surface area contributed by atoms with Gasteiger partial charge in [0.25, 0.3) is 0 Å². The van der Waals surface area contributed by atoms with Crippen LogP contribution in [0.3, 0.4) is 0 Å². The number of carboxylic acids is 4. The van der Waals surface area contributed by atoms with Crippen molar-refractivity contribution in [3.63, 3.8) is 0 Å². The molecule has 4 aromatic rings. The number of thioether (sulfide) groups is 1. The van der Waals surface area contributed by atoms with Crippen molar-refractivity contribution in [2.45, 2.75) is 167 Å². The van der Waals surface area contributed by atoms with Crippen LogP contribution in [0.25, 0.3) is 16.3 Å². The van der Waals surface area contributed by atoms with E-state index in [1.807, 2.05) is 25.1 Å². The normalized spacial score (nSPS) is 17.9. The standard InChI is InChI=1S/C76H90N16O18S/c1-8-56-51(32-40(3)16-12-14-30-91-38-47(87-89-91)22-26-58(93)85-54(34-64(101)102)73(107)79-36-60(95)83-52(24-28-62(97)98)75(109)81-43(6)71(77)105)69(66-41(4)33-46-21-20-45-17-10-11-19-50(45)68(46)66)70(57(9-2)111-56)67-42(5)49(67)18-13-15-31-92-39-48(88-90-92)23-27-59(94)86-55(35-65(103)104)74(108)80-37-61(96)84-53(25-29-63(99)100)76(110)82-44(7)72(78)106/h8-11,17,19-21,32,38-39,41-44,49,52-55,67H,1-2,14-15,22-31,33-37H2,3-7H3,(H2,77,105)(H2,78,106)(H,79,107)(H,80,108)(H,81,109)(H,82,110)(H,83,95)(H,84,96)(H,85,93)(H,86,94)(H,97,98)(H,99,100)(H,101,102)(H,103,104)/b40-32+,69-66+. The molecular formula is C76H90N16O18S. The second-order valence-corrected chi connectivity index (χ2v) is 27.9. The Balaban J connectivity index is 0.975. The average Bonchev–Trinajstić information content (AvgIpc) is 1.55. The van der Waals surface area contributed by atoms with E-state index in [0.29, 0.717) is 37.3 Å². The van der Waals surface area contributed by atoms with E-state index in [0.717, 1.165) is 49.3 Å². The predicted molar refractivity (Wildman–Crippen MR) is 403 cm³/mol. The summed E-state index contributed by atoms with van der Waals surface area (Å²) in [6.07, 6.45) is 6.85. The van der Waals surface area contributed by atoms with Crippen molar-refractivity contribution in [1.29, 1.82) is 0 Å². The average molecular weight is 1550 g/mol. The first-order chi connectivity index (χ1) is 52.7. The fourth-order valence-electron chi connectivity index (χ4n) is 12.5. The molecule has 3 aliphatic rings. The summed E-state index contributed by atoms with van der Waals surface area (Å²) in [4.78, 5) is 174. The quantitative estimate of drug-likeness (QED) is 0.0279. The molecule has 10 atom stereocenters. The minimum Gasteiger partial charge on any atom is -0.481 e. The highest BCUT2D eigenvalue weighted by molar-refractivity contribution is 8.07. The number of aliphatic carboxylic acids is 4. The number of carbonyl (C=O) groups excluding carboxylic acids is 10. The van der Waals surface area contributed by atoms with Gasteiger partial charge in [-0.1, -0.05) is 116 Å². The molecule has 0 spiro atoms. The molecule has 0 radical (unpaired) electrons. The third kappa shape index (κ3) is 25.3. The van der Waals surface area contributed by atoms with Crippen molar-refractivity contribution in [2.75, 3.05) is 13.1 Å². The third-order valence-electron chi connectivity index (χ3n) is 18.3. The summed E-state index contributed by atoms with van der Waals surface area (Å²) >= 11 is 1.59. The van der Waals surface area contributed by atoms with Crippen molar-refractivity contribution in [3.8, 4) is 23.7 Å². The van der Waals surface area contributed by atoms with Gasteiger partial charge in [-0.05, 0) is 108 Å². The van der Waals surface area contributed by atoms with Gasteiger partial charge in [-0.2, -0.15) is 0 Å². The van der Waals surface area contributed by atoms with Crippen LogP contribution in [0.2, 0.25) is 0 Å². The number of benzene rings is 2. The number of hydrogen-bond acceptors (Lipinski definition) is 19. The summed E-state index contributed by atoms with van der Waals surface area (Å²) in [5.74, 6) is -0.645. The minimum atomic E-state index is -1.62. The van der Waals surface area contributed by atoms with E-state index in [4.69, 9.17) is 21.7 Å². The maximum Gasteiger partial charge on any atom is 0.305 e. The Hall–Kier alpha value is -12.5. The first-order valence-electron chi connectivity index (χ1n) is 35.7. The van der Waals surface area contributed by atoms with E-state index in [1.54, 1.807) is 33.5 Å². The van der Waals surface area contributed by atoms with Crippen LogP contribution in [0, 0.1) is 47.4 Å². The Labute approximate surface area is 642 Å². The number of aryl methyl sites for hydroxylation is 4. The molecule has 2 aromatic carbocycles. The fraction of sp³-hybridized carbons (Fsp3) is 0.421. The predicted octanol–water partition coefficient (Wildman–Crippen LogP) is 1.31. The van der Waals surface area contributed by atoms with Gasteiger partial charge in [-0.3, -0.25) is 76.5 Å². The summed E-state index contributed by atoms with van der Waals surface area (Å²) in [6.45, 7) is 16.7. The number of allylic oxidation sites excluding steroid dienone is 8. The molecule has 7 rings (SSSR count). The molecule has 0 saturated heterocycles. The highest BCUT2D eigenvalue weighted by atomic mass is 32.2. The van der Waals surface area contributed by atoms with Gasteiger partial charge in [0, 0.05) is 85.4 Å². The van der Waals surface area contributed by atoms with Gasteiger partial charge in [-0.15, -0.1) is 16.1 Å². The highest BCUT2D eigenvalue weighted by Crippen LogP contribution is 2.61. The molecule has 35 heteroatoms. The Morgan fingerprint density at radius 1 is 0.604 bits per heavy atom. The van der Waals surface area contributed by atoms with E-state index in [9.17, 15) is 77.3 Å². The van der Waals surface area contributed by atoms with Crippen molar-refractivity contribution >= 4 is 111 Å². The molecule has 3 heterocycles. The lowest BCUT2D eigenvalue weighted by atomic mass is 9.81. The lowest BCUT2D eigenvalue weighted by molar-refractivity contribution is -0.141. The molecular weight excluding hydrogens is 1460 g/mol. The van der Waals surface area contributed by atoms with Gasteiger partial charge in [0.05, 0.1) is 50.4 Å². The number of amides is 10. The van der Waals surface area contributed by atoms with Gasteiger partial charge in [0.1, 0.15) is 36.3 Å². The molecule has 2 aliphatic carbocycles. The van der Waals surface area contributed by atoms with E-state index >= 15 is 0 Å². The molecule has 0 bridgehead atoms. The number of carbonyl (C=O) groups is 14. The number of nitrogens with two attached hydrogens (primary N) is 2. The lowest BCUT2D eigenvalue weighted by Gasteiger charge is -2.29. The largest absolute Gasteiger partial charge is 0.481 e. The van der Waals surface area contributed by atoms with Crippen molar-refractivity contribution in [3.05, 3.63) is 135 Å². The van der Waals surface area contributed by atoms with Crippen LogP contribution < -0.4 is 54.0 Å². The summed E-state index contributed by atoms with van der Waals surface area (Å²) in [5, 5.41) is 74.6. The van der Waals surface area contributed by atoms with Crippen LogP contribution in [0.1, 0.15) is 121 Å². The number of fused-ring (bicyclic) bond motifs is 3.